The highest BCUT2D eigenvalue weighted by molar-refractivity contribution is 7.89. The molecule has 4 aromatic carbocycles. The first-order valence-corrected chi connectivity index (χ1v) is 15.3. The molecule has 0 N–H and O–H groups in total. The number of hydrogen-bond donors (Lipinski definition) is 0. The van der Waals surface area contributed by atoms with Gasteiger partial charge >= 0.3 is 0 Å². The van der Waals surface area contributed by atoms with Crippen LogP contribution in [0.2, 0.25) is 0 Å². The van der Waals surface area contributed by atoms with E-state index in [1.54, 1.807) is 48.5 Å². The summed E-state index contributed by atoms with van der Waals surface area (Å²) in [6, 6.07) is 32.0. The minimum absolute atomic E-state index is 0.0109. The summed E-state index contributed by atoms with van der Waals surface area (Å²) in [4.78, 5) is 0.352. The Morgan fingerprint density at radius 2 is 0.789 bits per heavy atom. The van der Waals surface area contributed by atoms with Crippen molar-refractivity contribution in [2.75, 3.05) is 13.1 Å². The standard InChI is InChI=1S/C30H32N2O4S2/c1-25-13-17-29(18-14-25)37(33,34)31(23-27-9-5-3-6-10-27)21-22-32(24-28-11-7-4-8-12-28)38(35,36)30-19-15-26(2)16-20-30/h3-20H,21-24H2,1-2H3. The summed E-state index contributed by atoms with van der Waals surface area (Å²) in [5, 5.41) is 0. The lowest BCUT2D eigenvalue weighted by atomic mass is 10.2. The van der Waals surface area contributed by atoms with Gasteiger partial charge in [-0.3, -0.25) is 0 Å². The molecule has 4 aromatic rings. The third-order valence-electron chi connectivity index (χ3n) is 6.32. The predicted molar refractivity (Wildman–Crippen MR) is 150 cm³/mol. The summed E-state index contributed by atoms with van der Waals surface area (Å²) in [6.07, 6.45) is 0. The average molecular weight is 549 g/mol. The van der Waals surface area contributed by atoms with E-state index in [0.717, 1.165) is 22.3 Å². The lowest BCUT2D eigenvalue weighted by Crippen LogP contribution is -2.40. The van der Waals surface area contributed by atoms with Crippen molar-refractivity contribution in [3.8, 4) is 0 Å². The minimum Gasteiger partial charge on any atom is -0.207 e. The van der Waals surface area contributed by atoms with E-state index < -0.39 is 20.0 Å². The molecule has 0 saturated heterocycles. The van der Waals surface area contributed by atoms with Crippen LogP contribution >= 0.6 is 0 Å². The lowest BCUT2D eigenvalue weighted by molar-refractivity contribution is 0.336. The van der Waals surface area contributed by atoms with E-state index in [2.05, 4.69) is 0 Å². The van der Waals surface area contributed by atoms with E-state index in [4.69, 9.17) is 0 Å². The van der Waals surface area contributed by atoms with E-state index in [-0.39, 0.29) is 36.0 Å². The number of sulfonamides is 2. The van der Waals surface area contributed by atoms with Gasteiger partial charge in [0.25, 0.3) is 0 Å². The zero-order valence-electron chi connectivity index (χ0n) is 21.6. The highest BCUT2D eigenvalue weighted by Crippen LogP contribution is 2.22. The first-order chi connectivity index (χ1) is 18.2. The fourth-order valence-electron chi connectivity index (χ4n) is 4.08. The molecule has 0 amide bonds. The zero-order valence-corrected chi connectivity index (χ0v) is 23.2. The fourth-order valence-corrected chi connectivity index (χ4v) is 6.92. The zero-order chi connectivity index (χ0) is 27.2. The topological polar surface area (TPSA) is 74.8 Å². The van der Waals surface area contributed by atoms with Gasteiger partial charge in [0, 0.05) is 26.2 Å². The number of hydrogen-bond acceptors (Lipinski definition) is 4. The van der Waals surface area contributed by atoms with Crippen molar-refractivity contribution in [2.45, 2.75) is 36.7 Å². The normalized spacial score (nSPS) is 12.2. The molecule has 0 aromatic heterocycles. The predicted octanol–water partition coefficient (Wildman–Crippen LogP) is 5.39. The van der Waals surface area contributed by atoms with E-state index >= 15 is 0 Å². The maximum Gasteiger partial charge on any atom is 0.243 e. The van der Waals surface area contributed by atoms with Crippen molar-refractivity contribution in [2.24, 2.45) is 0 Å². The van der Waals surface area contributed by atoms with Gasteiger partial charge < -0.3 is 0 Å². The first-order valence-electron chi connectivity index (χ1n) is 12.4. The summed E-state index contributed by atoms with van der Waals surface area (Å²) in [7, 11) is -7.78. The highest BCUT2D eigenvalue weighted by atomic mass is 32.2. The number of rotatable bonds is 11. The SMILES string of the molecule is Cc1ccc(S(=O)(=O)N(CCN(Cc2ccccc2)S(=O)(=O)c2ccc(C)cc2)Cc2ccccc2)cc1. The molecular weight excluding hydrogens is 516 g/mol. The summed E-state index contributed by atoms with van der Waals surface area (Å²) >= 11 is 0. The van der Waals surface area contributed by atoms with Crippen molar-refractivity contribution in [1.82, 2.24) is 8.61 Å². The molecule has 0 bridgehead atoms. The van der Waals surface area contributed by atoms with Crippen molar-refractivity contribution in [3.05, 3.63) is 131 Å². The van der Waals surface area contributed by atoms with Crippen molar-refractivity contribution < 1.29 is 16.8 Å². The second-order valence-corrected chi connectivity index (χ2v) is 13.2. The third-order valence-corrected chi connectivity index (χ3v) is 10.0. The van der Waals surface area contributed by atoms with Crippen LogP contribution < -0.4 is 0 Å². The molecule has 0 aliphatic carbocycles. The van der Waals surface area contributed by atoms with Crippen LogP contribution in [0.3, 0.4) is 0 Å². The first kappa shape index (κ1) is 27.7. The van der Waals surface area contributed by atoms with E-state index in [0.29, 0.717) is 0 Å². The summed E-state index contributed by atoms with van der Waals surface area (Å²) in [5.41, 5.74) is 3.55. The molecule has 4 rings (SSSR count). The number of aryl methyl sites for hydroxylation is 2. The molecule has 8 heteroatoms. The van der Waals surface area contributed by atoms with Gasteiger partial charge in [-0.1, -0.05) is 96.1 Å². The van der Waals surface area contributed by atoms with Crippen LogP contribution in [0.15, 0.2) is 119 Å². The molecule has 0 heterocycles. The maximum atomic E-state index is 13.7. The Bertz CT molecular complexity index is 1420. The highest BCUT2D eigenvalue weighted by Gasteiger charge is 2.29. The smallest absolute Gasteiger partial charge is 0.207 e. The van der Waals surface area contributed by atoms with Gasteiger partial charge in [0.15, 0.2) is 0 Å². The van der Waals surface area contributed by atoms with Crippen molar-refractivity contribution >= 4 is 20.0 Å². The fraction of sp³-hybridized carbons (Fsp3) is 0.200. The quantitative estimate of drug-likeness (QED) is 0.252. The van der Waals surface area contributed by atoms with Crippen LogP contribution in [0, 0.1) is 13.8 Å². The van der Waals surface area contributed by atoms with Crippen LogP contribution in [0.1, 0.15) is 22.3 Å². The van der Waals surface area contributed by atoms with Gasteiger partial charge in [0.2, 0.25) is 20.0 Å². The number of nitrogens with zero attached hydrogens (tertiary/aromatic N) is 2. The van der Waals surface area contributed by atoms with E-state index in [1.807, 2.05) is 74.5 Å². The van der Waals surface area contributed by atoms with E-state index in [9.17, 15) is 16.8 Å². The largest absolute Gasteiger partial charge is 0.243 e. The Morgan fingerprint density at radius 1 is 0.474 bits per heavy atom. The molecule has 0 radical (unpaired) electrons. The lowest BCUT2D eigenvalue weighted by Gasteiger charge is -2.27. The van der Waals surface area contributed by atoms with E-state index in [1.165, 1.54) is 8.61 Å². The minimum atomic E-state index is -3.89. The summed E-state index contributed by atoms with van der Waals surface area (Å²) in [5.74, 6) is 0. The van der Waals surface area contributed by atoms with Crippen LogP contribution in [0.4, 0.5) is 0 Å². The molecule has 38 heavy (non-hydrogen) atoms. The number of benzene rings is 4. The second kappa shape index (κ2) is 12.0. The van der Waals surface area contributed by atoms with Crippen LogP contribution in [0.5, 0.6) is 0 Å². The van der Waals surface area contributed by atoms with Gasteiger partial charge in [0.05, 0.1) is 9.79 Å². The Hall–Kier alpha value is -3.30. The van der Waals surface area contributed by atoms with Crippen LogP contribution in [-0.2, 0) is 33.1 Å². The summed E-state index contributed by atoms with van der Waals surface area (Å²) in [6.45, 7) is 4.03. The second-order valence-electron chi connectivity index (χ2n) is 9.27. The van der Waals surface area contributed by atoms with Gasteiger partial charge in [-0.05, 0) is 49.2 Å². The van der Waals surface area contributed by atoms with Crippen molar-refractivity contribution in [3.63, 3.8) is 0 Å². The molecular formula is C30H32N2O4S2. The molecule has 0 atom stereocenters. The Labute approximate surface area is 226 Å². The molecule has 6 nitrogen and oxygen atoms in total. The molecule has 198 valence electrons. The van der Waals surface area contributed by atoms with Gasteiger partial charge in [-0.25, -0.2) is 16.8 Å². The van der Waals surface area contributed by atoms with Gasteiger partial charge in [-0.2, -0.15) is 8.61 Å². The molecule has 0 spiro atoms. The Balaban J connectivity index is 1.68. The Kier molecular flexibility index (Phi) is 8.79. The van der Waals surface area contributed by atoms with Crippen LogP contribution in [-0.4, -0.2) is 38.5 Å². The summed E-state index contributed by atoms with van der Waals surface area (Å²) < 4.78 is 57.6. The Morgan fingerprint density at radius 3 is 1.11 bits per heavy atom. The van der Waals surface area contributed by atoms with Crippen LogP contribution in [0.25, 0.3) is 0 Å². The molecule has 0 fully saturated rings. The van der Waals surface area contributed by atoms with Gasteiger partial charge in [-0.15, -0.1) is 0 Å². The molecule has 0 unspecified atom stereocenters. The molecule has 0 saturated carbocycles. The van der Waals surface area contributed by atoms with Crippen molar-refractivity contribution in [1.29, 1.82) is 0 Å². The monoisotopic (exact) mass is 548 g/mol. The van der Waals surface area contributed by atoms with Gasteiger partial charge in [0.1, 0.15) is 0 Å². The maximum absolute atomic E-state index is 13.7. The molecule has 0 aliphatic heterocycles. The molecule has 0 aliphatic rings. The third kappa shape index (κ3) is 6.76. The average Bonchev–Trinajstić information content (AvgIpc) is 2.91.